The van der Waals surface area contributed by atoms with Gasteiger partial charge in [0.05, 0.1) is 6.61 Å². The van der Waals surface area contributed by atoms with Gasteiger partial charge in [-0.2, -0.15) is 13.2 Å². The zero-order valence-electron chi connectivity index (χ0n) is 11.5. The van der Waals surface area contributed by atoms with Crippen molar-refractivity contribution in [2.24, 2.45) is 0 Å². The molecule has 2 aliphatic heterocycles. The standard InChI is InChI=1S/C14H18F3NOS/c1-8-6-13(7-9(2)18-8)12-10(3-4-19-13)5-11(20-12)14(15,16)17/h5,8-9,18H,3-4,6-7H2,1-2H3/t8-,9+,13-. The molecule has 0 aromatic carbocycles. The smallest absolute Gasteiger partial charge is 0.369 e. The molecule has 3 atom stereocenters. The maximum atomic E-state index is 12.9. The summed E-state index contributed by atoms with van der Waals surface area (Å²) in [6.45, 7) is 4.64. The van der Waals surface area contributed by atoms with Crippen molar-refractivity contribution in [2.45, 2.75) is 57.0 Å². The Labute approximate surface area is 120 Å². The van der Waals surface area contributed by atoms with Gasteiger partial charge in [-0.25, -0.2) is 0 Å². The van der Waals surface area contributed by atoms with E-state index in [1.165, 1.54) is 6.07 Å². The van der Waals surface area contributed by atoms with Gasteiger partial charge in [0.2, 0.25) is 0 Å². The van der Waals surface area contributed by atoms with Gasteiger partial charge in [0.25, 0.3) is 0 Å². The molecule has 1 N–H and O–H groups in total. The van der Waals surface area contributed by atoms with Gasteiger partial charge in [0.1, 0.15) is 10.5 Å². The summed E-state index contributed by atoms with van der Waals surface area (Å²) in [4.78, 5) is 0.308. The fourth-order valence-corrected chi connectivity index (χ4v) is 4.78. The summed E-state index contributed by atoms with van der Waals surface area (Å²) in [6.07, 6.45) is -2.20. The van der Waals surface area contributed by atoms with Crippen LogP contribution in [-0.2, 0) is 22.9 Å². The van der Waals surface area contributed by atoms with Crippen molar-refractivity contribution in [3.05, 3.63) is 21.4 Å². The summed E-state index contributed by atoms with van der Waals surface area (Å²) in [5.41, 5.74) is 0.307. The molecule has 0 aliphatic carbocycles. The van der Waals surface area contributed by atoms with Gasteiger partial charge in [-0.3, -0.25) is 0 Å². The summed E-state index contributed by atoms with van der Waals surface area (Å²) in [5.74, 6) is 0. The third kappa shape index (κ3) is 2.38. The number of thiophene rings is 1. The lowest BCUT2D eigenvalue weighted by atomic mass is 9.80. The van der Waals surface area contributed by atoms with Crippen LogP contribution in [0.4, 0.5) is 13.2 Å². The van der Waals surface area contributed by atoms with Crippen molar-refractivity contribution >= 4 is 11.3 Å². The van der Waals surface area contributed by atoms with E-state index in [4.69, 9.17) is 4.74 Å². The van der Waals surface area contributed by atoms with Crippen LogP contribution in [0.25, 0.3) is 0 Å². The van der Waals surface area contributed by atoms with Gasteiger partial charge in [-0.05, 0) is 44.7 Å². The van der Waals surface area contributed by atoms with E-state index < -0.39 is 16.7 Å². The van der Waals surface area contributed by atoms with Gasteiger partial charge in [0.15, 0.2) is 0 Å². The molecule has 0 unspecified atom stereocenters. The molecule has 0 bridgehead atoms. The summed E-state index contributed by atoms with van der Waals surface area (Å²) in [6, 6.07) is 1.82. The molecule has 1 fully saturated rings. The van der Waals surface area contributed by atoms with E-state index in [9.17, 15) is 13.2 Å². The zero-order valence-corrected chi connectivity index (χ0v) is 12.3. The fourth-order valence-electron chi connectivity index (χ4n) is 3.54. The number of alkyl halides is 3. The molecule has 1 aromatic rings. The molecule has 1 spiro atoms. The molecule has 0 saturated carbocycles. The fraction of sp³-hybridized carbons (Fsp3) is 0.714. The minimum atomic E-state index is -4.26. The number of ether oxygens (including phenoxy) is 1. The second-order valence-electron chi connectivity index (χ2n) is 5.93. The lowest BCUT2D eigenvalue weighted by Gasteiger charge is -2.45. The van der Waals surface area contributed by atoms with Crippen LogP contribution >= 0.6 is 11.3 Å². The Bertz CT molecular complexity index is 501. The van der Waals surface area contributed by atoms with Crippen molar-refractivity contribution in [1.82, 2.24) is 5.32 Å². The number of piperidine rings is 1. The van der Waals surface area contributed by atoms with Crippen molar-refractivity contribution in [3.63, 3.8) is 0 Å². The number of rotatable bonds is 0. The van der Waals surface area contributed by atoms with Crippen LogP contribution < -0.4 is 5.32 Å². The molecule has 112 valence electrons. The van der Waals surface area contributed by atoms with E-state index in [2.05, 4.69) is 19.2 Å². The number of nitrogens with one attached hydrogen (secondary N) is 1. The Hall–Kier alpha value is -0.590. The molecule has 3 heterocycles. The summed E-state index contributed by atoms with van der Waals surface area (Å²) in [5, 5.41) is 3.42. The van der Waals surface area contributed by atoms with Gasteiger partial charge >= 0.3 is 6.18 Å². The molecule has 0 amide bonds. The molecule has 1 aromatic heterocycles. The number of hydrogen-bond donors (Lipinski definition) is 1. The van der Waals surface area contributed by atoms with Gasteiger partial charge < -0.3 is 10.1 Å². The molecule has 2 aliphatic rings. The monoisotopic (exact) mass is 305 g/mol. The normalized spacial score (nSPS) is 34.2. The van der Waals surface area contributed by atoms with E-state index in [1.807, 2.05) is 0 Å². The summed E-state index contributed by atoms with van der Waals surface area (Å²) < 4.78 is 44.8. The molecule has 2 nitrogen and oxygen atoms in total. The number of fused-ring (bicyclic) bond motifs is 2. The Morgan fingerprint density at radius 1 is 1.30 bits per heavy atom. The van der Waals surface area contributed by atoms with Crippen molar-refractivity contribution in [1.29, 1.82) is 0 Å². The maximum Gasteiger partial charge on any atom is 0.425 e. The topological polar surface area (TPSA) is 21.3 Å². The minimum Gasteiger partial charge on any atom is -0.369 e. The van der Waals surface area contributed by atoms with Crippen LogP contribution in [0.15, 0.2) is 6.07 Å². The largest absolute Gasteiger partial charge is 0.425 e. The van der Waals surface area contributed by atoms with Gasteiger partial charge in [0, 0.05) is 17.0 Å². The van der Waals surface area contributed by atoms with Crippen molar-refractivity contribution in [3.8, 4) is 0 Å². The first kappa shape index (κ1) is 14.4. The first-order valence-corrected chi connectivity index (χ1v) is 7.72. The predicted octanol–water partition coefficient (Wildman–Crippen LogP) is 3.70. The molecular formula is C14H18F3NOS. The SMILES string of the molecule is C[C@@H]1C[C@]2(C[C@H](C)N1)OCCc1cc(C(F)(F)F)sc12. The van der Waals surface area contributed by atoms with Crippen LogP contribution in [0.1, 0.15) is 42.0 Å². The zero-order chi connectivity index (χ0) is 14.5. The Balaban J connectivity index is 2.03. The summed E-state index contributed by atoms with van der Waals surface area (Å²) in [7, 11) is 0. The van der Waals surface area contributed by atoms with E-state index >= 15 is 0 Å². The molecule has 3 rings (SSSR count). The highest BCUT2D eigenvalue weighted by molar-refractivity contribution is 7.12. The number of halogens is 3. The Kier molecular flexibility index (Phi) is 3.38. The molecule has 0 radical (unpaired) electrons. The van der Waals surface area contributed by atoms with Gasteiger partial charge in [-0.1, -0.05) is 0 Å². The molecule has 20 heavy (non-hydrogen) atoms. The lowest BCUT2D eigenvalue weighted by molar-refractivity contribution is -0.134. The van der Waals surface area contributed by atoms with Crippen LogP contribution in [0.3, 0.4) is 0 Å². The average Bonchev–Trinajstić information content (AvgIpc) is 2.72. The van der Waals surface area contributed by atoms with Crippen LogP contribution in [0, 0.1) is 0 Å². The molecule has 1 saturated heterocycles. The summed E-state index contributed by atoms with van der Waals surface area (Å²) >= 11 is 0.874. The first-order chi connectivity index (χ1) is 9.30. The molecule has 6 heteroatoms. The highest BCUT2D eigenvalue weighted by atomic mass is 32.1. The Morgan fingerprint density at radius 3 is 2.55 bits per heavy atom. The molecular weight excluding hydrogens is 287 g/mol. The Morgan fingerprint density at radius 2 is 1.95 bits per heavy atom. The predicted molar refractivity (Wildman–Crippen MR) is 71.9 cm³/mol. The third-order valence-electron chi connectivity index (χ3n) is 4.09. The lowest BCUT2D eigenvalue weighted by Crippen LogP contribution is -2.52. The van der Waals surface area contributed by atoms with E-state index in [-0.39, 0.29) is 12.1 Å². The second kappa shape index (κ2) is 4.71. The van der Waals surface area contributed by atoms with E-state index in [0.29, 0.717) is 13.0 Å². The number of hydrogen-bond acceptors (Lipinski definition) is 3. The maximum absolute atomic E-state index is 12.9. The van der Waals surface area contributed by atoms with Crippen LogP contribution in [0.2, 0.25) is 0 Å². The second-order valence-corrected chi connectivity index (χ2v) is 6.98. The van der Waals surface area contributed by atoms with E-state index in [1.54, 1.807) is 0 Å². The third-order valence-corrected chi connectivity index (χ3v) is 5.50. The van der Waals surface area contributed by atoms with Crippen molar-refractivity contribution < 1.29 is 17.9 Å². The van der Waals surface area contributed by atoms with Crippen LogP contribution in [-0.4, -0.2) is 18.7 Å². The minimum absolute atomic E-state index is 0.251. The van der Waals surface area contributed by atoms with Crippen LogP contribution in [0.5, 0.6) is 0 Å². The quantitative estimate of drug-likeness (QED) is 0.789. The highest BCUT2D eigenvalue weighted by Crippen LogP contribution is 2.49. The first-order valence-electron chi connectivity index (χ1n) is 6.90. The van der Waals surface area contributed by atoms with Crippen molar-refractivity contribution in [2.75, 3.05) is 6.61 Å². The average molecular weight is 305 g/mol. The highest BCUT2D eigenvalue weighted by Gasteiger charge is 2.46. The van der Waals surface area contributed by atoms with E-state index in [0.717, 1.165) is 34.6 Å². The van der Waals surface area contributed by atoms with Gasteiger partial charge in [-0.15, -0.1) is 11.3 Å².